The molecule has 0 fully saturated rings. The fourth-order valence-electron chi connectivity index (χ4n) is 2.08. The number of benzene rings is 1. The molecule has 1 aromatic rings. The summed E-state index contributed by atoms with van der Waals surface area (Å²) >= 11 is 0. The Labute approximate surface area is 95.3 Å². The van der Waals surface area contributed by atoms with E-state index in [1.54, 1.807) is 12.1 Å². The van der Waals surface area contributed by atoms with Crippen molar-refractivity contribution in [1.82, 2.24) is 5.32 Å². The molecule has 1 aliphatic rings. The van der Waals surface area contributed by atoms with Crippen LogP contribution >= 0.6 is 0 Å². The minimum absolute atomic E-state index is 0.0916. The molecule has 1 atom stereocenters. The lowest BCUT2D eigenvalue weighted by Gasteiger charge is -2.22. The lowest BCUT2D eigenvalue weighted by molar-refractivity contribution is 0.439. The van der Waals surface area contributed by atoms with Crippen molar-refractivity contribution in [2.24, 2.45) is 5.73 Å². The average Bonchev–Trinajstić information content (AvgIpc) is 2.80. The van der Waals surface area contributed by atoms with E-state index in [1.165, 1.54) is 6.07 Å². The van der Waals surface area contributed by atoms with Crippen LogP contribution in [0.25, 0.3) is 0 Å². The zero-order chi connectivity index (χ0) is 11.4. The first-order valence-electron chi connectivity index (χ1n) is 5.67. The third-order valence-electron chi connectivity index (χ3n) is 2.96. The highest BCUT2D eigenvalue weighted by Gasteiger charge is 2.18. The van der Waals surface area contributed by atoms with Gasteiger partial charge in [-0.25, -0.2) is 4.39 Å². The van der Waals surface area contributed by atoms with Gasteiger partial charge in [-0.15, -0.1) is 0 Å². The molecule has 1 aromatic carbocycles. The fraction of sp³-hybridized carbons (Fsp3) is 0.385. The lowest BCUT2D eigenvalue weighted by Crippen LogP contribution is -2.35. The second-order valence-electron chi connectivity index (χ2n) is 4.12. The first-order chi connectivity index (χ1) is 7.81. The maximum Gasteiger partial charge on any atom is 0.128 e. The van der Waals surface area contributed by atoms with Crippen LogP contribution in [0.15, 0.2) is 36.4 Å². The summed E-state index contributed by atoms with van der Waals surface area (Å²) < 4.78 is 13.6. The molecular formula is C13H17FN2. The molecule has 0 saturated carbocycles. The highest BCUT2D eigenvalue weighted by atomic mass is 19.1. The summed E-state index contributed by atoms with van der Waals surface area (Å²) in [5.74, 6) is -0.184. The molecule has 16 heavy (non-hydrogen) atoms. The van der Waals surface area contributed by atoms with Gasteiger partial charge in [-0.05, 0) is 18.9 Å². The van der Waals surface area contributed by atoms with Crippen LogP contribution in [0.5, 0.6) is 0 Å². The largest absolute Gasteiger partial charge is 0.329 e. The van der Waals surface area contributed by atoms with Crippen molar-refractivity contribution in [3.05, 3.63) is 47.8 Å². The second kappa shape index (κ2) is 5.23. The van der Waals surface area contributed by atoms with Crippen LogP contribution < -0.4 is 11.1 Å². The topological polar surface area (TPSA) is 38.0 Å². The zero-order valence-electron chi connectivity index (χ0n) is 9.20. The van der Waals surface area contributed by atoms with Crippen LogP contribution in [-0.4, -0.2) is 12.6 Å². The number of rotatable bonds is 4. The number of halogens is 1. The van der Waals surface area contributed by atoms with E-state index < -0.39 is 0 Å². The molecule has 3 heteroatoms. The Balaban J connectivity index is 2.07. The minimum Gasteiger partial charge on any atom is -0.329 e. The highest BCUT2D eigenvalue weighted by molar-refractivity contribution is 5.22. The van der Waals surface area contributed by atoms with Gasteiger partial charge in [0.2, 0.25) is 0 Å². The Kier molecular flexibility index (Phi) is 3.70. The Hall–Kier alpha value is -1.19. The third-order valence-corrected chi connectivity index (χ3v) is 2.96. The van der Waals surface area contributed by atoms with Crippen LogP contribution in [0.3, 0.4) is 0 Å². The standard InChI is InChI=1S/C13H17FN2/c14-12-8-4-3-7-11(12)13(9-15)16-10-5-1-2-6-10/h1-4,7-8,10,13,16H,5-6,9,15H2. The average molecular weight is 220 g/mol. The minimum atomic E-state index is -0.184. The van der Waals surface area contributed by atoms with Crippen molar-refractivity contribution < 1.29 is 4.39 Å². The molecule has 2 rings (SSSR count). The SMILES string of the molecule is NCC(NC1CC=CC1)c1ccccc1F. The molecule has 1 aliphatic carbocycles. The molecule has 0 aliphatic heterocycles. The van der Waals surface area contributed by atoms with E-state index >= 15 is 0 Å². The molecule has 1 unspecified atom stereocenters. The molecule has 0 radical (unpaired) electrons. The Morgan fingerprint density at radius 2 is 2.00 bits per heavy atom. The summed E-state index contributed by atoms with van der Waals surface area (Å²) in [7, 11) is 0. The summed E-state index contributed by atoms with van der Waals surface area (Å²) in [5.41, 5.74) is 6.37. The molecule has 2 nitrogen and oxygen atoms in total. The molecule has 3 N–H and O–H groups in total. The van der Waals surface area contributed by atoms with Gasteiger partial charge in [0.05, 0.1) is 0 Å². The van der Waals surface area contributed by atoms with E-state index in [0.717, 1.165) is 12.8 Å². The van der Waals surface area contributed by atoms with Gasteiger partial charge in [0, 0.05) is 24.2 Å². The molecular weight excluding hydrogens is 203 g/mol. The summed E-state index contributed by atoms with van der Waals surface area (Å²) in [6.45, 7) is 0.414. The third kappa shape index (κ3) is 2.49. The van der Waals surface area contributed by atoms with E-state index in [4.69, 9.17) is 5.73 Å². The summed E-state index contributed by atoms with van der Waals surface area (Å²) in [6, 6.07) is 7.12. The Morgan fingerprint density at radius 1 is 1.31 bits per heavy atom. The maximum absolute atomic E-state index is 13.6. The van der Waals surface area contributed by atoms with Crippen LogP contribution in [0.4, 0.5) is 4.39 Å². The lowest BCUT2D eigenvalue weighted by atomic mass is 10.0. The molecule has 86 valence electrons. The number of hydrogen-bond donors (Lipinski definition) is 2. The van der Waals surface area contributed by atoms with Crippen molar-refractivity contribution in [2.45, 2.75) is 24.9 Å². The van der Waals surface area contributed by atoms with Crippen LogP contribution in [0.2, 0.25) is 0 Å². The van der Waals surface area contributed by atoms with Crippen molar-refractivity contribution in [2.75, 3.05) is 6.54 Å². The Morgan fingerprint density at radius 3 is 2.62 bits per heavy atom. The summed E-state index contributed by atoms with van der Waals surface area (Å²) in [4.78, 5) is 0. The van der Waals surface area contributed by atoms with Crippen LogP contribution in [0, 0.1) is 5.82 Å². The van der Waals surface area contributed by atoms with E-state index in [2.05, 4.69) is 17.5 Å². The van der Waals surface area contributed by atoms with Gasteiger partial charge in [-0.2, -0.15) is 0 Å². The molecule has 0 bridgehead atoms. The van der Waals surface area contributed by atoms with Gasteiger partial charge in [0.15, 0.2) is 0 Å². The van der Waals surface area contributed by atoms with Crippen LogP contribution in [-0.2, 0) is 0 Å². The zero-order valence-corrected chi connectivity index (χ0v) is 9.20. The van der Waals surface area contributed by atoms with Crippen molar-refractivity contribution >= 4 is 0 Å². The number of nitrogens with two attached hydrogens (primary N) is 1. The van der Waals surface area contributed by atoms with Gasteiger partial charge < -0.3 is 11.1 Å². The van der Waals surface area contributed by atoms with Gasteiger partial charge >= 0.3 is 0 Å². The second-order valence-corrected chi connectivity index (χ2v) is 4.12. The van der Waals surface area contributed by atoms with Gasteiger partial charge in [-0.1, -0.05) is 30.4 Å². The fourth-order valence-corrected chi connectivity index (χ4v) is 2.08. The van der Waals surface area contributed by atoms with Crippen molar-refractivity contribution in [3.8, 4) is 0 Å². The molecule has 0 heterocycles. The molecule has 0 spiro atoms. The van der Waals surface area contributed by atoms with E-state index in [0.29, 0.717) is 18.2 Å². The van der Waals surface area contributed by atoms with E-state index in [1.807, 2.05) is 6.07 Å². The van der Waals surface area contributed by atoms with Gasteiger partial charge in [0.25, 0.3) is 0 Å². The van der Waals surface area contributed by atoms with Crippen molar-refractivity contribution in [3.63, 3.8) is 0 Å². The van der Waals surface area contributed by atoms with Crippen molar-refractivity contribution in [1.29, 1.82) is 0 Å². The summed E-state index contributed by atoms with van der Waals surface area (Å²) in [5, 5.41) is 3.40. The highest BCUT2D eigenvalue weighted by Crippen LogP contribution is 2.19. The predicted octanol–water partition coefficient (Wildman–Crippen LogP) is 2.13. The Bertz CT molecular complexity index is 368. The molecule has 0 amide bonds. The maximum atomic E-state index is 13.6. The number of nitrogens with one attached hydrogen (secondary N) is 1. The summed E-state index contributed by atoms with van der Waals surface area (Å²) in [6.07, 6.45) is 6.30. The molecule has 0 saturated heterocycles. The quantitative estimate of drug-likeness (QED) is 0.763. The van der Waals surface area contributed by atoms with Gasteiger partial charge in [-0.3, -0.25) is 0 Å². The van der Waals surface area contributed by atoms with E-state index in [-0.39, 0.29) is 11.9 Å². The predicted molar refractivity (Wildman–Crippen MR) is 63.5 cm³/mol. The first-order valence-corrected chi connectivity index (χ1v) is 5.67. The molecule has 0 aromatic heterocycles. The number of hydrogen-bond acceptors (Lipinski definition) is 2. The smallest absolute Gasteiger partial charge is 0.128 e. The van der Waals surface area contributed by atoms with Gasteiger partial charge in [0.1, 0.15) is 5.82 Å². The van der Waals surface area contributed by atoms with Crippen LogP contribution in [0.1, 0.15) is 24.4 Å². The monoisotopic (exact) mass is 220 g/mol. The normalized spacial score (nSPS) is 17.9. The van der Waals surface area contributed by atoms with E-state index in [9.17, 15) is 4.39 Å². The first kappa shape index (κ1) is 11.3.